The van der Waals surface area contributed by atoms with E-state index in [9.17, 15) is 10.1 Å². The summed E-state index contributed by atoms with van der Waals surface area (Å²) in [5.74, 6) is 1.38. The lowest BCUT2D eigenvalue weighted by Gasteiger charge is -2.41. The molecular formula is C22H26N4O2S. The third kappa shape index (κ3) is 4.14. The summed E-state index contributed by atoms with van der Waals surface area (Å²) in [5.41, 5.74) is 3.97. The van der Waals surface area contributed by atoms with E-state index in [1.807, 2.05) is 11.0 Å². The van der Waals surface area contributed by atoms with Crippen molar-refractivity contribution < 1.29 is 9.53 Å². The molecular weight excluding hydrogens is 384 g/mol. The van der Waals surface area contributed by atoms with Crippen molar-refractivity contribution in [2.24, 2.45) is 0 Å². The summed E-state index contributed by atoms with van der Waals surface area (Å²) in [5, 5.41) is 14.0. The first-order valence-corrected chi connectivity index (χ1v) is 11.1. The summed E-state index contributed by atoms with van der Waals surface area (Å²) in [4.78, 5) is 21.5. The van der Waals surface area contributed by atoms with Gasteiger partial charge in [-0.1, -0.05) is 0 Å². The lowest BCUT2D eigenvalue weighted by Crippen LogP contribution is -2.54. The van der Waals surface area contributed by atoms with E-state index in [-0.39, 0.29) is 11.9 Å². The molecule has 0 bridgehead atoms. The highest BCUT2D eigenvalue weighted by Gasteiger charge is 2.33. The molecule has 1 aliphatic heterocycles. The SMILES string of the molecule is COCCC(=O)N1CCN(c2nc(C3CC3)c(-c3ccsc3)cc2C#N)C[C@H]1C. The number of methoxy groups -OCH3 is 1. The Balaban J connectivity index is 1.60. The maximum Gasteiger partial charge on any atom is 0.225 e. The van der Waals surface area contributed by atoms with Crippen LogP contribution in [0.5, 0.6) is 0 Å². The zero-order valence-electron chi connectivity index (χ0n) is 16.9. The fourth-order valence-corrected chi connectivity index (χ4v) is 4.67. The number of anilines is 1. The number of nitrogens with zero attached hydrogens (tertiary/aromatic N) is 4. The number of carbonyl (C=O) groups excluding carboxylic acids is 1. The molecule has 2 aliphatic rings. The molecule has 0 spiro atoms. The van der Waals surface area contributed by atoms with Gasteiger partial charge in [0.1, 0.15) is 11.9 Å². The number of rotatable bonds is 6. The lowest BCUT2D eigenvalue weighted by molar-refractivity contribution is -0.134. The van der Waals surface area contributed by atoms with Crippen LogP contribution in [-0.2, 0) is 9.53 Å². The first-order valence-electron chi connectivity index (χ1n) is 10.1. The molecule has 152 valence electrons. The van der Waals surface area contributed by atoms with Crippen LogP contribution in [0, 0.1) is 11.3 Å². The summed E-state index contributed by atoms with van der Waals surface area (Å²) in [6.45, 7) is 4.52. The largest absolute Gasteiger partial charge is 0.384 e. The first kappa shape index (κ1) is 19.9. The van der Waals surface area contributed by atoms with E-state index >= 15 is 0 Å². The van der Waals surface area contributed by atoms with Gasteiger partial charge >= 0.3 is 0 Å². The van der Waals surface area contributed by atoms with E-state index in [1.54, 1.807) is 18.4 Å². The Hall–Kier alpha value is -2.43. The van der Waals surface area contributed by atoms with E-state index in [0.717, 1.165) is 35.5 Å². The highest BCUT2D eigenvalue weighted by Crippen LogP contribution is 2.45. The number of piperazine rings is 1. The van der Waals surface area contributed by atoms with Crippen molar-refractivity contribution >= 4 is 23.1 Å². The highest BCUT2D eigenvalue weighted by molar-refractivity contribution is 7.08. The summed E-state index contributed by atoms with van der Waals surface area (Å²) in [6, 6.07) is 6.54. The predicted octanol–water partition coefficient (Wildman–Crippen LogP) is 3.63. The van der Waals surface area contributed by atoms with Crippen LogP contribution in [0.1, 0.15) is 43.4 Å². The molecule has 0 radical (unpaired) electrons. The number of pyridine rings is 1. The van der Waals surface area contributed by atoms with Crippen molar-refractivity contribution in [3.8, 4) is 17.2 Å². The third-order valence-electron chi connectivity index (χ3n) is 5.72. The van der Waals surface area contributed by atoms with Crippen molar-refractivity contribution in [3.63, 3.8) is 0 Å². The second-order valence-electron chi connectivity index (χ2n) is 7.82. The average molecular weight is 411 g/mol. The van der Waals surface area contributed by atoms with E-state index in [0.29, 0.717) is 44.1 Å². The van der Waals surface area contributed by atoms with Crippen molar-refractivity contribution in [2.45, 2.75) is 38.1 Å². The normalized spacial score (nSPS) is 19.3. The molecule has 2 aromatic rings. The Kier molecular flexibility index (Phi) is 5.84. The molecule has 0 unspecified atom stereocenters. The van der Waals surface area contributed by atoms with Crippen LogP contribution < -0.4 is 4.90 Å². The van der Waals surface area contributed by atoms with E-state index in [4.69, 9.17) is 9.72 Å². The van der Waals surface area contributed by atoms with Gasteiger partial charge in [-0.2, -0.15) is 16.6 Å². The Morgan fingerprint density at radius 2 is 2.24 bits per heavy atom. The Morgan fingerprint density at radius 1 is 1.41 bits per heavy atom. The molecule has 2 fully saturated rings. The molecule has 1 saturated carbocycles. The van der Waals surface area contributed by atoms with E-state index in [1.165, 1.54) is 0 Å². The Bertz CT molecular complexity index is 918. The Morgan fingerprint density at radius 3 is 2.86 bits per heavy atom. The molecule has 7 heteroatoms. The van der Waals surface area contributed by atoms with Crippen molar-refractivity contribution in [3.05, 3.63) is 34.2 Å². The molecule has 1 atom stereocenters. The van der Waals surface area contributed by atoms with Crippen LogP contribution in [0.4, 0.5) is 5.82 Å². The smallest absolute Gasteiger partial charge is 0.225 e. The number of amides is 1. The number of ether oxygens (including phenoxy) is 1. The van der Waals surface area contributed by atoms with Crippen molar-refractivity contribution in [1.82, 2.24) is 9.88 Å². The number of nitriles is 1. The molecule has 6 nitrogen and oxygen atoms in total. The van der Waals surface area contributed by atoms with Crippen LogP contribution in [0.15, 0.2) is 22.9 Å². The van der Waals surface area contributed by atoms with Crippen LogP contribution in [0.25, 0.3) is 11.1 Å². The maximum atomic E-state index is 12.4. The molecule has 4 rings (SSSR count). The quantitative estimate of drug-likeness (QED) is 0.727. The molecule has 1 aliphatic carbocycles. The maximum absolute atomic E-state index is 12.4. The number of thiophene rings is 1. The zero-order valence-corrected chi connectivity index (χ0v) is 17.7. The summed E-state index contributed by atoms with van der Waals surface area (Å²) < 4.78 is 5.04. The van der Waals surface area contributed by atoms with Gasteiger partial charge in [-0.25, -0.2) is 4.98 Å². The molecule has 0 N–H and O–H groups in total. The van der Waals surface area contributed by atoms with Gasteiger partial charge in [-0.3, -0.25) is 4.79 Å². The van der Waals surface area contributed by atoms with Gasteiger partial charge in [0.15, 0.2) is 0 Å². The predicted molar refractivity (Wildman–Crippen MR) is 114 cm³/mol. The number of carbonyl (C=O) groups is 1. The van der Waals surface area contributed by atoms with Crippen LogP contribution in [0.2, 0.25) is 0 Å². The standard InChI is InChI=1S/C22H26N4O2S/c1-15-13-25(7-8-26(15)20(27)5-9-28-2)22-18(12-23)11-19(17-6-10-29-14-17)21(24-22)16-3-4-16/h6,10-11,14-16H,3-5,7-9,13H2,1-2H3/t15-/m1/s1. The number of hydrogen-bond donors (Lipinski definition) is 0. The second kappa shape index (κ2) is 8.52. The van der Waals surface area contributed by atoms with Gasteiger partial charge in [-0.15, -0.1) is 0 Å². The topological polar surface area (TPSA) is 69.5 Å². The van der Waals surface area contributed by atoms with Gasteiger partial charge in [0.25, 0.3) is 0 Å². The van der Waals surface area contributed by atoms with Gasteiger partial charge < -0.3 is 14.5 Å². The fourth-order valence-electron chi connectivity index (χ4n) is 4.01. The monoisotopic (exact) mass is 410 g/mol. The van der Waals surface area contributed by atoms with Gasteiger partial charge in [0.2, 0.25) is 5.91 Å². The fraction of sp³-hybridized carbons (Fsp3) is 0.500. The number of aromatic nitrogens is 1. The number of hydrogen-bond acceptors (Lipinski definition) is 6. The third-order valence-corrected chi connectivity index (χ3v) is 6.40. The molecule has 3 heterocycles. The van der Waals surface area contributed by atoms with E-state index in [2.05, 4.69) is 34.7 Å². The highest BCUT2D eigenvalue weighted by atomic mass is 32.1. The van der Waals surface area contributed by atoms with Crippen LogP contribution >= 0.6 is 11.3 Å². The van der Waals surface area contributed by atoms with Gasteiger partial charge in [0.05, 0.1) is 24.3 Å². The van der Waals surface area contributed by atoms with Gasteiger partial charge in [-0.05, 0) is 48.2 Å². The summed E-state index contributed by atoms with van der Waals surface area (Å²) >= 11 is 1.66. The molecule has 0 aromatic carbocycles. The molecule has 1 amide bonds. The first-order chi connectivity index (χ1) is 14.1. The minimum absolute atomic E-state index is 0.0716. The molecule has 29 heavy (non-hydrogen) atoms. The van der Waals surface area contributed by atoms with Gasteiger partial charge in [0, 0.05) is 44.3 Å². The second-order valence-corrected chi connectivity index (χ2v) is 8.60. The Labute approximate surface area is 175 Å². The average Bonchev–Trinajstić information content (AvgIpc) is 3.44. The van der Waals surface area contributed by atoms with Crippen LogP contribution in [-0.4, -0.2) is 55.2 Å². The van der Waals surface area contributed by atoms with Crippen molar-refractivity contribution in [1.29, 1.82) is 5.26 Å². The molecule has 2 aromatic heterocycles. The van der Waals surface area contributed by atoms with Crippen LogP contribution in [0.3, 0.4) is 0 Å². The summed E-state index contributed by atoms with van der Waals surface area (Å²) in [7, 11) is 1.61. The minimum atomic E-state index is 0.0716. The van der Waals surface area contributed by atoms with E-state index < -0.39 is 0 Å². The lowest BCUT2D eigenvalue weighted by atomic mass is 10.0. The van der Waals surface area contributed by atoms with Crippen molar-refractivity contribution in [2.75, 3.05) is 38.3 Å². The zero-order chi connectivity index (χ0) is 20.4. The summed E-state index contributed by atoms with van der Waals surface area (Å²) in [6.07, 6.45) is 2.73. The minimum Gasteiger partial charge on any atom is -0.384 e. The molecule has 1 saturated heterocycles.